The molecule has 2 rings (SSSR count). The SMILES string of the molecule is O=C(CCO)c1ccc2c(c1)CCCC2. The van der Waals surface area contributed by atoms with Crippen LogP contribution in [0.3, 0.4) is 0 Å². The van der Waals surface area contributed by atoms with Crippen molar-refractivity contribution in [2.45, 2.75) is 32.1 Å². The van der Waals surface area contributed by atoms with Crippen molar-refractivity contribution in [2.75, 3.05) is 6.61 Å². The Bertz CT molecular complexity index is 369. The average Bonchev–Trinajstić information content (AvgIpc) is 2.29. The molecule has 1 N–H and O–H groups in total. The molecule has 1 aromatic rings. The lowest BCUT2D eigenvalue weighted by molar-refractivity contribution is 0.0956. The largest absolute Gasteiger partial charge is 0.396 e. The Labute approximate surface area is 89.9 Å². The normalized spacial score (nSPS) is 14.7. The monoisotopic (exact) mass is 204 g/mol. The summed E-state index contributed by atoms with van der Waals surface area (Å²) in [5, 5.41) is 8.72. The number of hydrogen-bond donors (Lipinski definition) is 1. The van der Waals surface area contributed by atoms with Crippen LogP contribution >= 0.6 is 0 Å². The fourth-order valence-corrected chi connectivity index (χ4v) is 2.15. The van der Waals surface area contributed by atoms with Crippen molar-refractivity contribution in [3.05, 3.63) is 34.9 Å². The maximum Gasteiger partial charge on any atom is 0.165 e. The quantitative estimate of drug-likeness (QED) is 0.766. The standard InChI is InChI=1S/C13H16O2/c14-8-7-13(15)12-6-5-10-3-1-2-4-11(10)9-12/h5-6,9,14H,1-4,7-8H2. The summed E-state index contributed by atoms with van der Waals surface area (Å²) in [6.45, 7) is -0.0596. The van der Waals surface area contributed by atoms with Gasteiger partial charge in [-0.25, -0.2) is 0 Å². The van der Waals surface area contributed by atoms with E-state index < -0.39 is 0 Å². The second-order valence-electron chi connectivity index (χ2n) is 4.09. The minimum Gasteiger partial charge on any atom is -0.396 e. The van der Waals surface area contributed by atoms with E-state index in [9.17, 15) is 4.79 Å². The van der Waals surface area contributed by atoms with Gasteiger partial charge in [0.15, 0.2) is 5.78 Å². The third-order valence-corrected chi connectivity index (χ3v) is 3.01. The minimum absolute atomic E-state index is 0.0471. The van der Waals surface area contributed by atoms with Gasteiger partial charge in [-0.2, -0.15) is 0 Å². The van der Waals surface area contributed by atoms with Crippen LogP contribution < -0.4 is 0 Å². The average molecular weight is 204 g/mol. The lowest BCUT2D eigenvalue weighted by Crippen LogP contribution is -2.07. The number of fused-ring (bicyclic) bond motifs is 1. The highest BCUT2D eigenvalue weighted by Gasteiger charge is 2.12. The van der Waals surface area contributed by atoms with Crippen molar-refractivity contribution < 1.29 is 9.90 Å². The predicted octanol–water partition coefficient (Wildman–Crippen LogP) is 2.13. The molecular formula is C13H16O2. The summed E-state index contributed by atoms with van der Waals surface area (Å²) in [5.41, 5.74) is 3.47. The van der Waals surface area contributed by atoms with Gasteiger partial charge in [-0.3, -0.25) is 4.79 Å². The van der Waals surface area contributed by atoms with Crippen LogP contribution in [0.1, 0.15) is 40.7 Å². The maximum absolute atomic E-state index is 11.6. The summed E-state index contributed by atoms with van der Waals surface area (Å²) < 4.78 is 0. The summed E-state index contributed by atoms with van der Waals surface area (Å²) in [4.78, 5) is 11.6. The van der Waals surface area contributed by atoms with Gasteiger partial charge >= 0.3 is 0 Å². The minimum atomic E-state index is -0.0596. The Morgan fingerprint density at radius 1 is 1.20 bits per heavy atom. The van der Waals surface area contributed by atoms with E-state index >= 15 is 0 Å². The first-order valence-electron chi connectivity index (χ1n) is 5.57. The zero-order valence-electron chi connectivity index (χ0n) is 8.83. The van der Waals surface area contributed by atoms with Crippen molar-refractivity contribution in [2.24, 2.45) is 0 Å². The van der Waals surface area contributed by atoms with Crippen LogP contribution in [0.5, 0.6) is 0 Å². The third-order valence-electron chi connectivity index (χ3n) is 3.01. The van der Waals surface area contributed by atoms with Gasteiger partial charge < -0.3 is 5.11 Å². The fraction of sp³-hybridized carbons (Fsp3) is 0.462. The highest BCUT2D eigenvalue weighted by molar-refractivity contribution is 5.96. The molecule has 0 saturated carbocycles. The molecule has 1 aliphatic rings. The molecule has 0 aliphatic heterocycles. The molecule has 1 aromatic carbocycles. The molecule has 0 amide bonds. The first-order valence-corrected chi connectivity index (χ1v) is 5.57. The number of ketones is 1. The molecular weight excluding hydrogens is 188 g/mol. The van der Waals surface area contributed by atoms with Gasteiger partial charge in [-0.1, -0.05) is 12.1 Å². The Hall–Kier alpha value is -1.15. The number of aliphatic hydroxyl groups is 1. The second-order valence-corrected chi connectivity index (χ2v) is 4.09. The molecule has 1 aliphatic carbocycles. The van der Waals surface area contributed by atoms with Gasteiger partial charge in [-0.05, 0) is 42.9 Å². The molecule has 2 nitrogen and oxygen atoms in total. The van der Waals surface area contributed by atoms with Crippen LogP contribution in [0.25, 0.3) is 0 Å². The van der Waals surface area contributed by atoms with Gasteiger partial charge in [0.1, 0.15) is 0 Å². The highest BCUT2D eigenvalue weighted by atomic mass is 16.3. The second kappa shape index (κ2) is 4.58. The summed E-state index contributed by atoms with van der Waals surface area (Å²) in [5.74, 6) is 0.0471. The molecule has 0 fully saturated rings. The first kappa shape index (κ1) is 10.4. The van der Waals surface area contributed by atoms with Crippen molar-refractivity contribution in [3.8, 4) is 0 Å². The molecule has 0 heterocycles. The van der Waals surface area contributed by atoms with Crippen LogP contribution in [-0.2, 0) is 12.8 Å². The molecule has 0 radical (unpaired) electrons. The molecule has 0 unspecified atom stereocenters. The van der Waals surface area contributed by atoms with E-state index in [0.717, 1.165) is 18.4 Å². The Kier molecular flexibility index (Phi) is 3.17. The van der Waals surface area contributed by atoms with Crippen LogP contribution in [0.15, 0.2) is 18.2 Å². The Balaban J connectivity index is 2.24. The smallest absolute Gasteiger partial charge is 0.165 e. The molecule has 2 heteroatoms. The zero-order chi connectivity index (χ0) is 10.7. The number of aryl methyl sites for hydroxylation is 2. The number of aliphatic hydroxyl groups excluding tert-OH is 1. The number of carbonyl (C=O) groups excluding carboxylic acids is 1. The molecule has 0 saturated heterocycles. The molecule has 0 atom stereocenters. The van der Waals surface area contributed by atoms with Crippen molar-refractivity contribution >= 4 is 5.78 Å². The van der Waals surface area contributed by atoms with Gasteiger partial charge in [0, 0.05) is 12.0 Å². The fourth-order valence-electron chi connectivity index (χ4n) is 2.15. The van der Waals surface area contributed by atoms with Crippen LogP contribution in [0, 0.1) is 0 Å². The summed E-state index contributed by atoms with van der Waals surface area (Å²) in [7, 11) is 0. The Morgan fingerprint density at radius 2 is 1.93 bits per heavy atom. The number of rotatable bonds is 3. The molecule has 15 heavy (non-hydrogen) atoms. The predicted molar refractivity (Wildman–Crippen MR) is 59.1 cm³/mol. The van der Waals surface area contributed by atoms with E-state index in [4.69, 9.17) is 5.11 Å². The first-order chi connectivity index (χ1) is 7.31. The maximum atomic E-state index is 11.6. The topological polar surface area (TPSA) is 37.3 Å². The number of carbonyl (C=O) groups is 1. The highest BCUT2D eigenvalue weighted by Crippen LogP contribution is 2.22. The van der Waals surface area contributed by atoms with E-state index in [1.807, 2.05) is 12.1 Å². The van der Waals surface area contributed by atoms with Crippen molar-refractivity contribution in [1.82, 2.24) is 0 Å². The van der Waals surface area contributed by atoms with Crippen LogP contribution in [-0.4, -0.2) is 17.5 Å². The Morgan fingerprint density at radius 3 is 2.67 bits per heavy atom. The lowest BCUT2D eigenvalue weighted by atomic mass is 9.89. The number of hydrogen-bond acceptors (Lipinski definition) is 2. The van der Waals surface area contributed by atoms with Gasteiger partial charge in [0.25, 0.3) is 0 Å². The van der Waals surface area contributed by atoms with E-state index in [1.54, 1.807) is 0 Å². The third kappa shape index (κ3) is 2.26. The lowest BCUT2D eigenvalue weighted by Gasteiger charge is -2.16. The summed E-state index contributed by atoms with van der Waals surface area (Å²) in [6.07, 6.45) is 4.96. The molecule has 0 aromatic heterocycles. The number of benzene rings is 1. The summed E-state index contributed by atoms with van der Waals surface area (Å²) >= 11 is 0. The van der Waals surface area contributed by atoms with Crippen molar-refractivity contribution in [3.63, 3.8) is 0 Å². The zero-order valence-corrected chi connectivity index (χ0v) is 8.83. The number of Topliss-reactive ketones (excluding diaryl/α,β-unsaturated/α-hetero) is 1. The van der Waals surface area contributed by atoms with Gasteiger partial charge in [0.2, 0.25) is 0 Å². The van der Waals surface area contributed by atoms with Gasteiger partial charge in [0.05, 0.1) is 6.61 Å². The van der Waals surface area contributed by atoms with Crippen LogP contribution in [0.2, 0.25) is 0 Å². The van der Waals surface area contributed by atoms with Crippen molar-refractivity contribution in [1.29, 1.82) is 0 Å². The molecule has 0 bridgehead atoms. The van der Waals surface area contributed by atoms with Crippen LogP contribution in [0.4, 0.5) is 0 Å². The van der Waals surface area contributed by atoms with E-state index in [2.05, 4.69) is 6.07 Å². The summed E-state index contributed by atoms with van der Waals surface area (Å²) in [6, 6.07) is 5.97. The van der Waals surface area contributed by atoms with E-state index in [-0.39, 0.29) is 18.8 Å². The van der Waals surface area contributed by atoms with E-state index in [0.29, 0.717) is 0 Å². The van der Waals surface area contributed by atoms with E-state index in [1.165, 1.54) is 24.0 Å². The molecule has 80 valence electrons. The molecule has 0 spiro atoms. The van der Waals surface area contributed by atoms with Gasteiger partial charge in [-0.15, -0.1) is 0 Å².